The summed E-state index contributed by atoms with van der Waals surface area (Å²) in [5.74, 6) is -2.97. The quantitative estimate of drug-likeness (QED) is 0.332. The van der Waals surface area contributed by atoms with Crippen molar-refractivity contribution >= 4 is 27.5 Å². The Labute approximate surface area is 206 Å². The summed E-state index contributed by atoms with van der Waals surface area (Å²) in [5, 5.41) is 0. The molecule has 0 spiro atoms. The van der Waals surface area contributed by atoms with Crippen molar-refractivity contribution in [3.8, 4) is 0 Å². The Kier molecular flexibility index (Phi) is 7.49. The highest BCUT2D eigenvalue weighted by atomic mass is 32.2. The molecule has 0 saturated carbocycles. The van der Waals surface area contributed by atoms with Gasteiger partial charge in [-0.2, -0.15) is 0 Å². The smallest absolute Gasteiger partial charge is 0.291 e. The molecule has 8 nitrogen and oxygen atoms in total. The molecule has 2 aromatic rings. The molecular formula is C26H32N3O5S+. The molecule has 2 unspecified atom stereocenters. The molecule has 0 bridgehead atoms. The molecule has 2 aliphatic rings. The van der Waals surface area contributed by atoms with Gasteiger partial charge >= 0.3 is 0 Å². The van der Waals surface area contributed by atoms with Crippen LogP contribution >= 0.6 is 0 Å². The van der Waals surface area contributed by atoms with E-state index in [4.69, 9.17) is 0 Å². The van der Waals surface area contributed by atoms with E-state index in [2.05, 4.69) is 0 Å². The van der Waals surface area contributed by atoms with Gasteiger partial charge in [-0.15, -0.1) is 0 Å². The molecule has 9 heteroatoms. The summed E-state index contributed by atoms with van der Waals surface area (Å²) in [6, 6.07) is 14.1. The SMILES string of the molecule is CN(C)S(=O)(=O)c1ccc(C(=O)C2C(=O)C(=O)N(CC[NH+]3CCCCC3)C2c2ccccc2)cc1. The first-order valence-electron chi connectivity index (χ1n) is 12.0. The molecule has 2 aromatic carbocycles. The summed E-state index contributed by atoms with van der Waals surface area (Å²) in [6.45, 7) is 3.25. The predicted octanol–water partition coefficient (Wildman–Crippen LogP) is 0.957. The first kappa shape index (κ1) is 25.2. The van der Waals surface area contributed by atoms with Gasteiger partial charge in [0.25, 0.3) is 5.91 Å². The fourth-order valence-corrected chi connectivity index (χ4v) is 5.91. The van der Waals surface area contributed by atoms with Gasteiger partial charge in [-0.25, -0.2) is 12.7 Å². The molecule has 186 valence electrons. The van der Waals surface area contributed by atoms with Crippen LogP contribution < -0.4 is 4.90 Å². The molecule has 2 fully saturated rings. The van der Waals surface area contributed by atoms with E-state index < -0.39 is 39.5 Å². The summed E-state index contributed by atoms with van der Waals surface area (Å²) in [6.07, 6.45) is 3.54. The third-order valence-electron chi connectivity index (χ3n) is 7.01. The highest BCUT2D eigenvalue weighted by Gasteiger charge is 2.51. The minimum absolute atomic E-state index is 0.0543. The van der Waals surface area contributed by atoms with E-state index in [-0.39, 0.29) is 10.5 Å². The van der Waals surface area contributed by atoms with Crippen LogP contribution in [0.15, 0.2) is 59.5 Å². The number of carbonyl (C=O) groups is 3. The van der Waals surface area contributed by atoms with Gasteiger partial charge in [-0.3, -0.25) is 14.4 Å². The van der Waals surface area contributed by atoms with Crippen LogP contribution in [0.2, 0.25) is 0 Å². The molecule has 0 aliphatic carbocycles. The van der Waals surface area contributed by atoms with Gasteiger partial charge in [0, 0.05) is 19.7 Å². The number of rotatable bonds is 8. The van der Waals surface area contributed by atoms with Gasteiger partial charge in [-0.1, -0.05) is 42.5 Å². The zero-order valence-electron chi connectivity index (χ0n) is 20.1. The molecular weight excluding hydrogens is 466 g/mol. The Hall–Kier alpha value is -2.88. The highest BCUT2D eigenvalue weighted by molar-refractivity contribution is 7.89. The van der Waals surface area contributed by atoms with Gasteiger partial charge in [0.2, 0.25) is 15.8 Å². The van der Waals surface area contributed by atoms with Crippen molar-refractivity contribution in [1.82, 2.24) is 9.21 Å². The normalized spacial score (nSPS) is 21.6. The fourth-order valence-electron chi connectivity index (χ4n) is 5.01. The number of amides is 1. The first-order chi connectivity index (χ1) is 16.7. The predicted molar refractivity (Wildman–Crippen MR) is 130 cm³/mol. The molecule has 2 heterocycles. The van der Waals surface area contributed by atoms with Crippen LogP contribution in [-0.4, -0.2) is 75.4 Å². The van der Waals surface area contributed by atoms with Gasteiger partial charge < -0.3 is 9.80 Å². The summed E-state index contributed by atoms with van der Waals surface area (Å²) in [4.78, 5) is 42.9. The summed E-state index contributed by atoms with van der Waals surface area (Å²) in [5.41, 5.74) is 0.948. The number of likely N-dealkylation sites (tertiary alicyclic amines) is 2. The topological polar surface area (TPSA) is 96.3 Å². The maximum Gasteiger partial charge on any atom is 0.291 e. The maximum atomic E-state index is 13.6. The average Bonchev–Trinajstić information content (AvgIpc) is 3.13. The van der Waals surface area contributed by atoms with Crippen molar-refractivity contribution < 1.29 is 27.7 Å². The fraction of sp³-hybridized carbons (Fsp3) is 0.423. The Bertz CT molecular complexity index is 1190. The Morgan fingerprint density at radius 2 is 1.60 bits per heavy atom. The number of ketones is 2. The largest absolute Gasteiger partial charge is 0.333 e. The van der Waals surface area contributed by atoms with Crippen LogP contribution in [0, 0.1) is 5.92 Å². The number of nitrogens with zero attached hydrogens (tertiary/aromatic N) is 2. The Morgan fingerprint density at radius 3 is 2.20 bits per heavy atom. The lowest BCUT2D eigenvalue weighted by Gasteiger charge is -2.30. The van der Waals surface area contributed by atoms with Crippen molar-refractivity contribution in [3.05, 3.63) is 65.7 Å². The summed E-state index contributed by atoms with van der Waals surface area (Å²) < 4.78 is 25.9. The highest BCUT2D eigenvalue weighted by Crippen LogP contribution is 2.38. The number of nitrogens with one attached hydrogen (secondary N) is 1. The van der Waals surface area contributed by atoms with E-state index in [0.717, 1.165) is 42.3 Å². The van der Waals surface area contributed by atoms with Crippen LogP contribution in [0.5, 0.6) is 0 Å². The molecule has 2 aliphatic heterocycles. The van der Waals surface area contributed by atoms with Crippen molar-refractivity contribution in [2.24, 2.45) is 5.92 Å². The number of hydrogen-bond acceptors (Lipinski definition) is 5. The minimum atomic E-state index is -3.65. The van der Waals surface area contributed by atoms with Crippen LogP contribution in [0.3, 0.4) is 0 Å². The van der Waals surface area contributed by atoms with Crippen LogP contribution in [-0.2, 0) is 19.6 Å². The van der Waals surface area contributed by atoms with E-state index >= 15 is 0 Å². The molecule has 4 rings (SSSR count). The maximum absolute atomic E-state index is 13.6. The number of sulfonamides is 1. The summed E-state index contributed by atoms with van der Waals surface area (Å²) in [7, 11) is -0.783. The van der Waals surface area contributed by atoms with Gasteiger partial charge in [0.15, 0.2) is 5.78 Å². The number of piperidine rings is 1. The standard InChI is InChI=1S/C26H31N3O5S/c1-27(2)35(33,34)21-13-11-20(12-14-21)24(30)22-23(19-9-5-3-6-10-19)29(26(32)25(22)31)18-17-28-15-7-4-8-16-28/h3,5-6,9-14,22-23H,4,7-8,15-18H2,1-2H3/p+1. The van der Waals surface area contributed by atoms with Crippen molar-refractivity contribution in [2.75, 3.05) is 40.3 Å². The van der Waals surface area contributed by atoms with E-state index in [1.54, 1.807) is 4.90 Å². The molecule has 0 aromatic heterocycles. The number of hydrogen-bond donors (Lipinski definition) is 1. The molecule has 0 radical (unpaired) electrons. The summed E-state index contributed by atoms with van der Waals surface area (Å²) >= 11 is 0. The second-order valence-corrected chi connectivity index (χ2v) is 11.6. The number of carbonyl (C=O) groups excluding carboxylic acids is 3. The molecule has 1 N–H and O–H groups in total. The van der Waals surface area contributed by atoms with Crippen molar-refractivity contribution in [3.63, 3.8) is 0 Å². The third kappa shape index (κ3) is 5.07. The molecule has 35 heavy (non-hydrogen) atoms. The van der Waals surface area contributed by atoms with E-state index in [0.29, 0.717) is 6.54 Å². The van der Waals surface area contributed by atoms with E-state index in [9.17, 15) is 22.8 Å². The van der Waals surface area contributed by atoms with Crippen LogP contribution in [0.1, 0.15) is 41.2 Å². The zero-order chi connectivity index (χ0) is 25.2. The monoisotopic (exact) mass is 498 g/mol. The lowest BCUT2D eigenvalue weighted by Crippen LogP contribution is -3.13. The van der Waals surface area contributed by atoms with Crippen molar-refractivity contribution in [1.29, 1.82) is 0 Å². The second kappa shape index (κ2) is 10.4. The van der Waals surface area contributed by atoms with E-state index in [1.807, 2.05) is 30.3 Å². The number of Topliss-reactive ketones (excluding diaryl/α,β-unsaturated/α-hetero) is 2. The van der Waals surface area contributed by atoms with Crippen LogP contribution in [0.25, 0.3) is 0 Å². The number of quaternary nitrogens is 1. The Balaban J connectivity index is 1.63. The molecule has 1 amide bonds. The van der Waals surface area contributed by atoms with Gasteiger partial charge in [0.05, 0.1) is 37.1 Å². The second-order valence-electron chi connectivity index (χ2n) is 9.43. The first-order valence-corrected chi connectivity index (χ1v) is 13.5. The average molecular weight is 499 g/mol. The van der Waals surface area contributed by atoms with Gasteiger partial charge in [-0.05, 0) is 37.0 Å². The van der Waals surface area contributed by atoms with Crippen LogP contribution in [0.4, 0.5) is 0 Å². The van der Waals surface area contributed by atoms with Crippen molar-refractivity contribution in [2.45, 2.75) is 30.2 Å². The zero-order valence-corrected chi connectivity index (χ0v) is 21.0. The molecule has 2 saturated heterocycles. The lowest BCUT2D eigenvalue weighted by molar-refractivity contribution is -0.904. The number of benzene rings is 2. The van der Waals surface area contributed by atoms with E-state index in [1.165, 1.54) is 49.7 Å². The lowest BCUT2D eigenvalue weighted by atomic mass is 9.86. The Morgan fingerprint density at radius 1 is 0.971 bits per heavy atom. The molecule has 2 atom stereocenters. The van der Waals surface area contributed by atoms with Gasteiger partial charge in [0.1, 0.15) is 5.92 Å². The minimum Gasteiger partial charge on any atom is -0.333 e. The third-order valence-corrected chi connectivity index (χ3v) is 8.84.